The van der Waals surface area contributed by atoms with Gasteiger partial charge in [-0.3, -0.25) is 4.79 Å². The van der Waals surface area contributed by atoms with E-state index >= 15 is 0 Å². The van der Waals surface area contributed by atoms with Crippen molar-refractivity contribution in [3.05, 3.63) is 63.6 Å². The van der Waals surface area contributed by atoms with Gasteiger partial charge in [-0.05, 0) is 36.2 Å². The molecular formula is C16H15Cl2NOS. The standard InChI is InChI=1S/C16H15Cl2NOS/c1-11-4-2-3-5-12(11)9-21-10-16(20)19-13-6-7-14(17)15(18)8-13/h2-8H,9-10H2,1H3,(H,19,20). The Morgan fingerprint density at radius 2 is 1.90 bits per heavy atom. The molecule has 1 amide bonds. The normalized spacial score (nSPS) is 10.4. The van der Waals surface area contributed by atoms with Crippen LogP contribution in [-0.2, 0) is 10.5 Å². The van der Waals surface area contributed by atoms with Gasteiger partial charge in [0.25, 0.3) is 0 Å². The van der Waals surface area contributed by atoms with Crippen LogP contribution in [0.1, 0.15) is 11.1 Å². The molecule has 0 saturated heterocycles. The molecule has 2 aromatic carbocycles. The maximum atomic E-state index is 11.9. The van der Waals surface area contributed by atoms with Crippen LogP contribution < -0.4 is 5.32 Å². The number of benzene rings is 2. The molecule has 0 aliphatic heterocycles. The van der Waals surface area contributed by atoms with Crippen molar-refractivity contribution in [3.8, 4) is 0 Å². The summed E-state index contributed by atoms with van der Waals surface area (Å²) in [6.07, 6.45) is 0. The van der Waals surface area contributed by atoms with Crippen LogP contribution in [0.2, 0.25) is 10.0 Å². The van der Waals surface area contributed by atoms with Crippen molar-refractivity contribution < 1.29 is 4.79 Å². The Morgan fingerprint density at radius 3 is 2.62 bits per heavy atom. The number of carbonyl (C=O) groups is 1. The zero-order chi connectivity index (χ0) is 15.2. The number of hydrogen-bond acceptors (Lipinski definition) is 2. The van der Waals surface area contributed by atoms with Crippen LogP contribution in [0.25, 0.3) is 0 Å². The van der Waals surface area contributed by atoms with Crippen molar-refractivity contribution in [2.75, 3.05) is 11.1 Å². The Labute approximate surface area is 138 Å². The molecule has 0 aliphatic carbocycles. The molecule has 1 N–H and O–H groups in total. The van der Waals surface area contributed by atoms with E-state index in [1.165, 1.54) is 11.1 Å². The summed E-state index contributed by atoms with van der Waals surface area (Å²) < 4.78 is 0. The van der Waals surface area contributed by atoms with E-state index in [9.17, 15) is 4.79 Å². The Morgan fingerprint density at radius 1 is 1.14 bits per heavy atom. The SMILES string of the molecule is Cc1ccccc1CSCC(=O)Nc1ccc(Cl)c(Cl)c1. The topological polar surface area (TPSA) is 29.1 Å². The first-order valence-corrected chi connectivity index (χ1v) is 8.34. The van der Waals surface area contributed by atoms with E-state index in [1.54, 1.807) is 30.0 Å². The van der Waals surface area contributed by atoms with E-state index in [2.05, 4.69) is 24.4 Å². The molecule has 0 atom stereocenters. The first-order valence-electron chi connectivity index (χ1n) is 6.43. The maximum absolute atomic E-state index is 11.9. The molecule has 110 valence electrons. The van der Waals surface area contributed by atoms with Crippen LogP contribution in [0.5, 0.6) is 0 Å². The zero-order valence-corrected chi connectivity index (χ0v) is 13.9. The quantitative estimate of drug-likeness (QED) is 0.813. The molecule has 21 heavy (non-hydrogen) atoms. The molecule has 0 bridgehead atoms. The predicted octanol–water partition coefficient (Wildman–Crippen LogP) is 5.17. The number of amides is 1. The van der Waals surface area contributed by atoms with Gasteiger partial charge in [-0.15, -0.1) is 11.8 Å². The number of thioether (sulfide) groups is 1. The molecule has 0 radical (unpaired) electrons. The summed E-state index contributed by atoms with van der Waals surface area (Å²) in [4.78, 5) is 11.9. The van der Waals surface area contributed by atoms with Gasteiger partial charge in [0.1, 0.15) is 0 Å². The van der Waals surface area contributed by atoms with E-state index in [0.29, 0.717) is 21.5 Å². The lowest BCUT2D eigenvalue weighted by Gasteiger charge is -2.07. The van der Waals surface area contributed by atoms with Crippen molar-refractivity contribution in [2.45, 2.75) is 12.7 Å². The number of rotatable bonds is 5. The number of carbonyl (C=O) groups excluding carboxylic acids is 1. The third kappa shape index (κ3) is 4.95. The van der Waals surface area contributed by atoms with Crippen LogP contribution in [0.4, 0.5) is 5.69 Å². The van der Waals surface area contributed by atoms with Crippen LogP contribution in [0, 0.1) is 6.92 Å². The lowest BCUT2D eigenvalue weighted by Crippen LogP contribution is -2.14. The highest BCUT2D eigenvalue weighted by Gasteiger charge is 2.05. The highest BCUT2D eigenvalue weighted by atomic mass is 35.5. The number of aryl methyl sites for hydroxylation is 1. The second kappa shape index (κ2) is 7.74. The molecule has 0 fully saturated rings. The lowest BCUT2D eigenvalue weighted by atomic mass is 10.1. The molecule has 5 heteroatoms. The molecule has 0 heterocycles. The summed E-state index contributed by atoms with van der Waals surface area (Å²) in [5.74, 6) is 1.17. The van der Waals surface area contributed by atoms with Gasteiger partial charge in [0.2, 0.25) is 5.91 Å². The average molecular weight is 340 g/mol. The Bertz CT molecular complexity index is 646. The largest absolute Gasteiger partial charge is 0.325 e. The predicted molar refractivity (Wildman–Crippen MR) is 92.4 cm³/mol. The van der Waals surface area contributed by atoms with Gasteiger partial charge in [-0.25, -0.2) is 0 Å². The van der Waals surface area contributed by atoms with Crippen molar-refractivity contribution in [2.24, 2.45) is 0 Å². The highest BCUT2D eigenvalue weighted by Crippen LogP contribution is 2.25. The summed E-state index contributed by atoms with van der Waals surface area (Å²) in [5.41, 5.74) is 3.16. The van der Waals surface area contributed by atoms with Crippen LogP contribution >= 0.6 is 35.0 Å². The van der Waals surface area contributed by atoms with E-state index in [0.717, 1.165) is 5.75 Å². The third-order valence-corrected chi connectivity index (χ3v) is 4.68. The fourth-order valence-electron chi connectivity index (χ4n) is 1.80. The van der Waals surface area contributed by atoms with Gasteiger partial charge in [-0.2, -0.15) is 0 Å². The van der Waals surface area contributed by atoms with Crippen molar-refractivity contribution in [1.82, 2.24) is 0 Å². The number of halogens is 2. The zero-order valence-electron chi connectivity index (χ0n) is 11.5. The van der Waals surface area contributed by atoms with Gasteiger partial charge in [0.15, 0.2) is 0 Å². The average Bonchev–Trinajstić information content (AvgIpc) is 2.45. The maximum Gasteiger partial charge on any atom is 0.234 e. The molecule has 2 rings (SSSR count). The lowest BCUT2D eigenvalue weighted by molar-refractivity contribution is -0.113. The summed E-state index contributed by atoms with van der Waals surface area (Å²) >= 11 is 13.3. The number of hydrogen-bond donors (Lipinski definition) is 1. The molecule has 0 spiro atoms. The van der Waals surface area contributed by atoms with Crippen molar-refractivity contribution in [1.29, 1.82) is 0 Å². The van der Waals surface area contributed by atoms with Gasteiger partial charge in [-0.1, -0.05) is 47.5 Å². The number of nitrogens with one attached hydrogen (secondary N) is 1. The van der Waals surface area contributed by atoms with Crippen LogP contribution in [0.15, 0.2) is 42.5 Å². The number of anilines is 1. The monoisotopic (exact) mass is 339 g/mol. The van der Waals surface area contributed by atoms with Gasteiger partial charge in [0.05, 0.1) is 15.8 Å². The molecule has 2 aromatic rings. The molecule has 0 aromatic heterocycles. The minimum Gasteiger partial charge on any atom is -0.325 e. The minimum atomic E-state index is -0.0491. The first kappa shape index (κ1) is 16.2. The second-order valence-corrected chi connectivity index (χ2v) is 6.40. The van der Waals surface area contributed by atoms with E-state index in [4.69, 9.17) is 23.2 Å². The second-order valence-electron chi connectivity index (χ2n) is 4.60. The van der Waals surface area contributed by atoms with E-state index < -0.39 is 0 Å². The highest BCUT2D eigenvalue weighted by molar-refractivity contribution is 7.99. The third-order valence-electron chi connectivity index (χ3n) is 2.96. The van der Waals surface area contributed by atoms with Crippen LogP contribution in [-0.4, -0.2) is 11.7 Å². The summed E-state index contributed by atoms with van der Waals surface area (Å²) in [6.45, 7) is 2.08. The van der Waals surface area contributed by atoms with Gasteiger partial charge >= 0.3 is 0 Å². The summed E-state index contributed by atoms with van der Waals surface area (Å²) in [6, 6.07) is 13.2. The molecule has 0 aliphatic rings. The smallest absolute Gasteiger partial charge is 0.234 e. The molecular weight excluding hydrogens is 325 g/mol. The molecule has 0 unspecified atom stereocenters. The Balaban J connectivity index is 1.82. The van der Waals surface area contributed by atoms with Crippen molar-refractivity contribution >= 4 is 46.6 Å². The fourth-order valence-corrected chi connectivity index (χ4v) is 3.00. The summed E-state index contributed by atoms with van der Waals surface area (Å²) in [5, 5.41) is 3.72. The van der Waals surface area contributed by atoms with E-state index in [-0.39, 0.29) is 5.91 Å². The molecule has 0 saturated carbocycles. The van der Waals surface area contributed by atoms with Gasteiger partial charge in [0, 0.05) is 11.4 Å². The minimum absolute atomic E-state index is 0.0491. The summed E-state index contributed by atoms with van der Waals surface area (Å²) in [7, 11) is 0. The first-order chi connectivity index (χ1) is 10.1. The Kier molecular flexibility index (Phi) is 5.97. The molecule has 2 nitrogen and oxygen atoms in total. The fraction of sp³-hybridized carbons (Fsp3) is 0.188. The van der Waals surface area contributed by atoms with Gasteiger partial charge < -0.3 is 5.32 Å². The van der Waals surface area contributed by atoms with Crippen LogP contribution in [0.3, 0.4) is 0 Å². The Hall–Kier alpha value is -1.16. The van der Waals surface area contributed by atoms with E-state index in [1.807, 2.05) is 12.1 Å². The van der Waals surface area contributed by atoms with Crippen molar-refractivity contribution in [3.63, 3.8) is 0 Å².